The number of nitrogens with one attached hydrogen (secondary N) is 1. The lowest BCUT2D eigenvalue weighted by Crippen LogP contribution is -2.26. The summed E-state index contributed by atoms with van der Waals surface area (Å²) in [6.45, 7) is 0.285. The molecule has 1 aromatic heterocycles. The Bertz CT molecular complexity index is 738. The van der Waals surface area contributed by atoms with E-state index in [1.165, 1.54) is 36.7 Å². The lowest BCUT2D eigenvalue weighted by Gasteiger charge is -2.06. The minimum Gasteiger partial charge on any atom is -0.619 e. The van der Waals surface area contributed by atoms with Crippen LogP contribution < -0.4 is 10.0 Å². The van der Waals surface area contributed by atoms with Gasteiger partial charge in [0.2, 0.25) is 0 Å². The van der Waals surface area contributed by atoms with E-state index in [-0.39, 0.29) is 17.3 Å². The Morgan fingerprint density at radius 3 is 2.24 bits per heavy atom. The molecule has 0 bridgehead atoms. The molecule has 0 saturated heterocycles. The van der Waals surface area contributed by atoms with Crippen LogP contribution in [0.1, 0.15) is 15.9 Å². The van der Waals surface area contributed by atoms with E-state index in [1.54, 1.807) is 12.1 Å². The molecule has 2 rings (SSSR count). The number of carbonyl (C=O) groups is 1. The highest BCUT2D eigenvalue weighted by molar-refractivity contribution is 7.90. The minimum atomic E-state index is -3.27. The van der Waals surface area contributed by atoms with E-state index in [4.69, 9.17) is 0 Å². The van der Waals surface area contributed by atoms with Crippen molar-refractivity contribution in [2.75, 3.05) is 6.26 Å². The third-order valence-electron chi connectivity index (χ3n) is 2.87. The molecule has 7 heteroatoms. The monoisotopic (exact) mass is 306 g/mol. The fourth-order valence-corrected chi connectivity index (χ4v) is 2.33. The summed E-state index contributed by atoms with van der Waals surface area (Å²) in [6.07, 6.45) is 3.81. The molecule has 1 aromatic carbocycles. The van der Waals surface area contributed by atoms with Gasteiger partial charge in [-0.2, -0.15) is 4.73 Å². The quantitative estimate of drug-likeness (QED) is 0.663. The highest BCUT2D eigenvalue weighted by Gasteiger charge is 2.09. The SMILES string of the molecule is CS(=O)(=O)c1ccc(C(=O)NCc2cc[n+]([O-])cc2)cc1. The van der Waals surface area contributed by atoms with Gasteiger partial charge in [-0.15, -0.1) is 0 Å². The lowest BCUT2D eigenvalue weighted by atomic mass is 10.2. The van der Waals surface area contributed by atoms with Crippen molar-refractivity contribution in [1.29, 1.82) is 0 Å². The van der Waals surface area contributed by atoms with Crippen molar-refractivity contribution in [2.45, 2.75) is 11.4 Å². The van der Waals surface area contributed by atoms with Crippen molar-refractivity contribution in [1.82, 2.24) is 5.32 Å². The fraction of sp³-hybridized carbons (Fsp3) is 0.143. The first-order chi connectivity index (χ1) is 9.86. The third kappa shape index (κ3) is 4.03. The number of nitrogens with zero attached hydrogens (tertiary/aromatic N) is 1. The van der Waals surface area contributed by atoms with Crippen LogP contribution in [0, 0.1) is 5.21 Å². The van der Waals surface area contributed by atoms with Crippen LogP contribution in [0.4, 0.5) is 0 Å². The molecule has 0 radical (unpaired) electrons. The highest BCUT2D eigenvalue weighted by atomic mass is 32.2. The molecule has 1 N–H and O–H groups in total. The molecule has 21 heavy (non-hydrogen) atoms. The summed E-state index contributed by atoms with van der Waals surface area (Å²) in [7, 11) is -3.27. The Balaban J connectivity index is 2.02. The van der Waals surface area contributed by atoms with Gasteiger partial charge in [-0.05, 0) is 29.8 Å². The number of amides is 1. The highest BCUT2D eigenvalue weighted by Crippen LogP contribution is 2.10. The Kier molecular flexibility index (Phi) is 4.23. The fourth-order valence-electron chi connectivity index (χ4n) is 1.70. The van der Waals surface area contributed by atoms with E-state index in [1.807, 2.05) is 0 Å². The van der Waals surface area contributed by atoms with Gasteiger partial charge < -0.3 is 10.5 Å². The number of aromatic nitrogens is 1. The summed E-state index contributed by atoms with van der Waals surface area (Å²) in [6, 6.07) is 8.94. The van der Waals surface area contributed by atoms with Crippen LogP contribution in [0.25, 0.3) is 0 Å². The number of pyridine rings is 1. The van der Waals surface area contributed by atoms with Crippen molar-refractivity contribution in [3.63, 3.8) is 0 Å². The Morgan fingerprint density at radius 2 is 1.71 bits per heavy atom. The number of carbonyl (C=O) groups excluding carboxylic acids is 1. The zero-order valence-electron chi connectivity index (χ0n) is 11.3. The van der Waals surface area contributed by atoms with E-state index >= 15 is 0 Å². The summed E-state index contributed by atoms with van der Waals surface area (Å²) in [5.74, 6) is -0.311. The van der Waals surface area contributed by atoms with Crippen LogP contribution in [0.5, 0.6) is 0 Å². The second-order valence-corrected chi connectivity index (χ2v) is 6.56. The number of hydrogen-bond donors (Lipinski definition) is 1. The predicted octanol–water partition coefficient (Wildman–Crippen LogP) is 0.653. The maximum atomic E-state index is 11.9. The van der Waals surface area contributed by atoms with E-state index in [0.29, 0.717) is 10.3 Å². The normalized spacial score (nSPS) is 11.1. The smallest absolute Gasteiger partial charge is 0.251 e. The first kappa shape index (κ1) is 15.0. The molecular formula is C14H14N2O4S. The van der Waals surface area contributed by atoms with Gasteiger partial charge in [-0.3, -0.25) is 4.79 Å². The van der Waals surface area contributed by atoms with Gasteiger partial charge >= 0.3 is 0 Å². The molecule has 0 aliphatic carbocycles. The van der Waals surface area contributed by atoms with E-state index < -0.39 is 9.84 Å². The van der Waals surface area contributed by atoms with Gasteiger partial charge in [-0.1, -0.05) is 0 Å². The van der Waals surface area contributed by atoms with Crippen molar-refractivity contribution in [2.24, 2.45) is 0 Å². The Morgan fingerprint density at radius 1 is 1.14 bits per heavy atom. The molecule has 1 heterocycles. The van der Waals surface area contributed by atoms with Gasteiger partial charge in [0.25, 0.3) is 5.91 Å². The maximum absolute atomic E-state index is 11.9. The largest absolute Gasteiger partial charge is 0.619 e. The Hall–Kier alpha value is -2.41. The second-order valence-electron chi connectivity index (χ2n) is 4.55. The van der Waals surface area contributed by atoms with Gasteiger partial charge in [-0.25, -0.2) is 8.42 Å². The lowest BCUT2D eigenvalue weighted by molar-refractivity contribution is -0.605. The molecule has 0 atom stereocenters. The number of sulfone groups is 1. The molecule has 6 nitrogen and oxygen atoms in total. The summed E-state index contributed by atoms with van der Waals surface area (Å²) in [5.41, 5.74) is 1.17. The summed E-state index contributed by atoms with van der Waals surface area (Å²) >= 11 is 0. The zero-order valence-corrected chi connectivity index (χ0v) is 12.1. The van der Waals surface area contributed by atoms with E-state index in [9.17, 15) is 18.4 Å². The van der Waals surface area contributed by atoms with Crippen LogP contribution >= 0.6 is 0 Å². The number of benzene rings is 1. The molecule has 110 valence electrons. The van der Waals surface area contributed by atoms with Crippen molar-refractivity contribution in [3.05, 3.63) is 65.1 Å². The molecule has 2 aromatic rings. The Labute approximate surface area is 122 Å². The van der Waals surface area contributed by atoms with Crippen molar-refractivity contribution < 1.29 is 17.9 Å². The molecular weight excluding hydrogens is 292 g/mol. The van der Waals surface area contributed by atoms with E-state index in [0.717, 1.165) is 11.8 Å². The van der Waals surface area contributed by atoms with E-state index in [2.05, 4.69) is 5.32 Å². The molecule has 0 aliphatic heterocycles. The first-order valence-electron chi connectivity index (χ1n) is 6.12. The predicted molar refractivity (Wildman–Crippen MR) is 76.1 cm³/mol. The van der Waals surface area contributed by atoms with Crippen LogP contribution in [-0.2, 0) is 16.4 Å². The van der Waals surface area contributed by atoms with Crippen LogP contribution in [0.15, 0.2) is 53.7 Å². The topological polar surface area (TPSA) is 90.2 Å². The van der Waals surface area contributed by atoms with Crippen molar-refractivity contribution >= 4 is 15.7 Å². The molecule has 0 fully saturated rings. The van der Waals surface area contributed by atoms with Gasteiger partial charge in [0.05, 0.1) is 4.90 Å². The van der Waals surface area contributed by atoms with Crippen molar-refractivity contribution in [3.8, 4) is 0 Å². The standard InChI is InChI=1S/C14H14N2O4S/c1-21(19,20)13-4-2-12(3-5-13)14(17)15-10-11-6-8-16(18)9-7-11/h2-9H,10H2,1H3,(H,15,17). The number of rotatable bonds is 4. The molecule has 1 amide bonds. The van der Waals surface area contributed by atoms with Gasteiger partial charge in [0.1, 0.15) is 0 Å². The van der Waals surface area contributed by atoms with Gasteiger partial charge in [0.15, 0.2) is 22.2 Å². The molecule has 0 unspecified atom stereocenters. The minimum absolute atomic E-state index is 0.169. The molecule has 0 spiro atoms. The summed E-state index contributed by atoms with van der Waals surface area (Å²) in [4.78, 5) is 12.1. The maximum Gasteiger partial charge on any atom is 0.251 e. The van der Waals surface area contributed by atoms with Crippen LogP contribution in [0.3, 0.4) is 0 Å². The summed E-state index contributed by atoms with van der Waals surface area (Å²) < 4.78 is 23.3. The first-order valence-corrected chi connectivity index (χ1v) is 8.01. The second kappa shape index (κ2) is 5.92. The van der Waals surface area contributed by atoms with Crippen LogP contribution in [-0.4, -0.2) is 20.6 Å². The third-order valence-corrected chi connectivity index (χ3v) is 4.00. The molecule has 0 saturated carbocycles. The number of hydrogen-bond acceptors (Lipinski definition) is 4. The van der Waals surface area contributed by atoms with Crippen LogP contribution in [0.2, 0.25) is 0 Å². The molecule has 0 aliphatic rings. The average Bonchev–Trinajstić information content (AvgIpc) is 2.45. The van der Waals surface area contributed by atoms with Gasteiger partial charge in [0, 0.05) is 30.5 Å². The summed E-state index contributed by atoms with van der Waals surface area (Å²) in [5, 5.41) is 13.6. The average molecular weight is 306 g/mol. The zero-order chi connectivity index (χ0) is 15.5.